The second-order valence-electron chi connectivity index (χ2n) is 7.17. The Bertz CT molecular complexity index is 518. The van der Waals surface area contributed by atoms with Crippen LogP contribution >= 0.6 is 0 Å². The minimum Gasteiger partial charge on any atom is -0.324 e. The van der Waals surface area contributed by atoms with Gasteiger partial charge < -0.3 is 4.48 Å². The molecular weight excluding hydrogens is 338 g/mol. The maximum atomic E-state index is 10.8. The molecule has 1 rings (SSSR count). The lowest BCUT2D eigenvalue weighted by Crippen LogP contribution is -2.49. The molecule has 25 heavy (non-hydrogen) atoms. The minimum atomic E-state index is -3.83. The van der Waals surface area contributed by atoms with E-state index in [0.717, 1.165) is 50.0 Å². The molecule has 0 aliphatic heterocycles. The first-order valence-corrected chi connectivity index (χ1v) is 11.4. The van der Waals surface area contributed by atoms with Crippen molar-refractivity contribution in [3.63, 3.8) is 0 Å². The van der Waals surface area contributed by atoms with Gasteiger partial charge in [0.25, 0.3) is 10.1 Å². The van der Waals surface area contributed by atoms with Gasteiger partial charge in [-0.15, -0.1) is 0 Å². The van der Waals surface area contributed by atoms with E-state index < -0.39 is 10.1 Å². The summed E-state index contributed by atoms with van der Waals surface area (Å²) >= 11 is 0. The van der Waals surface area contributed by atoms with Crippen molar-refractivity contribution < 1.29 is 17.5 Å². The zero-order chi connectivity index (χ0) is 18.6. The third kappa shape index (κ3) is 10.1. The van der Waals surface area contributed by atoms with Crippen LogP contribution in [-0.4, -0.2) is 68.0 Å². The summed E-state index contributed by atoms with van der Waals surface area (Å²) in [6, 6.07) is 3.33. The first-order valence-electron chi connectivity index (χ1n) is 9.82. The van der Waals surface area contributed by atoms with Crippen LogP contribution in [0.4, 0.5) is 0 Å². The van der Waals surface area contributed by atoms with Crippen LogP contribution in [0.15, 0.2) is 9.98 Å². The monoisotopic (exact) mass is 374 g/mol. The van der Waals surface area contributed by atoms with E-state index in [-0.39, 0.29) is 5.75 Å². The van der Waals surface area contributed by atoms with Gasteiger partial charge in [0.15, 0.2) is 0 Å². The highest BCUT2D eigenvalue weighted by Crippen LogP contribution is 2.19. The number of rotatable bonds is 12. The van der Waals surface area contributed by atoms with Gasteiger partial charge in [-0.1, -0.05) is 19.3 Å². The SMILES string of the molecule is CC[N+](CC)(CCCCS(=O)(=O)O)CCCN=C=NC1CCCCC1. The molecule has 0 heterocycles. The lowest BCUT2D eigenvalue weighted by molar-refractivity contribution is -0.925. The van der Waals surface area contributed by atoms with E-state index in [1.807, 2.05) is 0 Å². The van der Waals surface area contributed by atoms with Gasteiger partial charge in [0.1, 0.15) is 0 Å². The molecule has 0 radical (unpaired) electrons. The molecule has 0 aromatic carbocycles. The molecule has 0 atom stereocenters. The predicted molar refractivity (Wildman–Crippen MR) is 103 cm³/mol. The zero-order valence-corrected chi connectivity index (χ0v) is 16.8. The van der Waals surface area contributed by atoms with Crippen LogP contribution in [0.2, 0.25) is 0 Å². The summed E-state index contributed by atoms with van der Waals surface area (Å²) in [7, 11) is -3.83. The van der Waals surface area contributed by atoms with E-state index in [1.54, 1.807) is 0 Å². The Labute approximate surface area is 153 Å². The van der Waals surface area contributed by atoms with Gasteiger partial charge in [-0.3, -0.25) is 4.55 Å². The van der Waals surface area contributed by atoms with Crippen molar-refractivity contribution in [1.29, 1.82) is 0 Å². The zero-order valence-electron chi connectivity index (χ0n) is 16.0. The van der Waals surface area contributed by atoms with Crippen LogP contribution < -0.4 is 0 Å². The highest BCUT2D eigenvalue weighted by Gasteiger charge is 2.22. The van der Waals surface area contributed by atoms with Crippen LogP contribution in [0.1, 0.15) is 65.2 Å². The van der Waals surface area contributed by atoms with Crippen molar-refractivity contribution in [2.45, 2.75) is 71.3 Å². The molecule has 1 fully saturated rings. The molecule has 1 N–H and O–H groups in total. The normalized spacial score (nSPS) is 16.4. The molecule has 6 nitrogen and oxygen atoms in total. The molecule has 0 bridgehead atoms. The van der Waals surface area contributed by atoms with Crippen LogP contribution in [0.5, 0.6) is 0 Å². The van der Waals surface area contributed by atoms with Crippen molar-refractivity contribution in [2.24, 2.45) is 9.98 Å². The molecule has 0 aromatic rings. The smallest absolute Gasteiger partial charge is 0.264 e. The standard InChI is InChI=1S/C18H35N3O3S/c1-3-21(4-2,14-8-9-16-25(22,23)24)15-10-13-19-17-20-18-11-6-5-7-12-18/h18H,3-16H2,1-2H3/p+1. The largest absolute Gasteiger partial charge is 0.324 e. The number of hydrogen-bond donors (Lipinski definition) is 1. The quantitative estimate of drug-likeness (QED) is 0.246. The van der Waals surface area contributed by atoms with Gasteiger partial charge >= 0.3 is 0 Å². The van der Waals surface area contributed by atoms with E-state index >= 15 is 0 Å². The molecular formula is C18H36N3O3S+. The summed E-state index contributed by atoms with van der Waals surface area (Å²) in [5.41, 5.74) is 0. The van der Waals surface area contributed by atoms with Crippen molar-refractivity contribution in [2.75, 3.05) is 38.5 Å². The highest BCUT2D eigenvalue weighted by atomic mass is 32.2. The lowest BCUT2D eigenvalue weighted by Gasteiger charge is -2.37. The molecule has 0 saturated heterocycles. The molecule has 1 aliphatic carbocycles. The fraction of sp³-hybridized carbons (Fsp3) is 0.944. The molecule has 7 heteroatoms. The first-order chi connectivity index (χ1) is 11.9. The molecule has 0 amide bonds. The summed E-state index contributed by atoms with van der Waals surface area (Å²) < 4.78 is 31.4. The minimum absolute atomic E-state index is 0.137. The molecule has 1 saturated carbocycles. The Morgan fingerprint density at radius 3 is 2.28 bits per heavy atom. The first kappa shape index (κ1) is 22.3. The molecule has 0 unspecified atom stereocenters. The molecule has 0 aromatic heterocycles. The second kappa shape index (κ2) is 11.8. The summed E-state index contributed by atoms with van der Waals surface area (Å²) in [6.45, 7) is 9.15. The van der Waals surface area contributed by atoms with Crippen LogP contribution in [0.3, 0.4) is 0 Å². The number of nitrogens with zero attached hydrogens (tertiary/aromatic N) is 3. The average molecular weight is 375 g/mol. The number of unbranched alkanes of at least 4 members (excludes halogenated alkanes) is 1. The lowest BCUT2D eigenvalue weighted by atomic mass is 9.96. The van der Waals surface area contributed by atoms with Crippen LogP contribution in [-0.2, 0) is 10.1 Å². The van der Waals surface area contributed by atoms with Gasteiger partial charge in [0, 0.05) is 6.42 Å². The number of aliphatic imine (C=N–C) groups is 2. The van der Waals surface area contributed by atoms with Crippen LogP contribution in [0, 0.1) is 0 Å². The summed E-state index contributed by atoms with van der Waals surface area (Å²) in [6.07, 6.45) is 8.57. The Hall–Kier alpha value is -0.750. The third-order valence-electron chi connectivity index (χ3n) is 5.41. The van der Waals surface area contributed by atoms with E-state index in [2.05, 4.69) is 29.8 Å². The average Bonchev–Trinajstić information content (AvgIpc) is 2.60. The summed E-state index contributed by atoms with van der Waals surface area (Å²) in [5, 5.41) is 0. The second-order valence-corrected chi connectivity index (χ2v) is 8.74. The van der Waals surface area contributed by atoms with Crippen molar-refractivity contribution >= 4 is 16.1 Å². The van der Waals surface area contributed by atoms with Crippen molar-refractivity contribution in [3.8, 4) is 0 Å². The molecule has 146 valence electrons. The van der Waals surface area contributed by atoms with Gasteiger partial charge in [0.05, 0.1) is 50.5 Å². The topological polar surface area (TPSA) is 79.1 Å². The van der Waals surface area contributed by atoms with E-state index in [4.69, 9.17) is 4.55 Å². The van der Waals surface area contributed by atoms with E-state index in [1.165, 1.54) is 32.1 Å². The molecule has 1 aliphatic rings. The van der Waals surface area contributed by atoms with Crippen molar-refractivity contribution in [3.05, 3.63) is 0 Å². The maximum absolute atomic E-state index is 10.8. The Balaban J connectivity index is 2.31. The highest BCUT2D eigenvalue weighted by molar-refractivity contribution is 7.85. The van der Waals surface area contributed by atoms with E-state index in [9.17, 15) is 8.42 Å². The van der Waals surface area contributed by atoms with Gasteiger partial charge in [-0.2, -0.15) is 8.42 Å². The Morgan fingerprint density at radius 1 is 1.04 bits per heavy atom. The Kier molecular flexibility index (Phi) is 10.5. The maximum Gasteiger partial charge on any atom is 0.264 e. The number of hydrogen-bond acceptors (Lipinski definition) is 4. The fourth-order valence-corrected chi connectivity index (χ4v) is 4.14. The summed E-state index contributed by atoms with van der Waals surface area (Å²) in [4.78, 5) is 8.77. The third-order valence-corrected chi connectivity index (χ3v) is 6.22. The van der Waals surface area contributed by atoms with E-state index in [0.29, 0.717) is 12.5 Å². The number of quaternary nitrogens is 1. The predicted octanol–water partition coefficient (Wildman–Crippen LogP) is 3.41. The van der Waals surface area contributed by atoms with Crippen molar-refractivity contribution in [1.82, 2.24) is 0 Å². The fourth-order valence-electron chi connectivity index (χ4n) is 3.57. The van der Waals surface area contributed by atoms with Gasteiger partial charge in [0.2, 0.25) is 0 Å². The summed E-state index contributed by atoms with van der Waals surface area (Å²) in [5.74, 6) is -0.137. The van der Waals surface area contributed by atoms with Gasteiger partial charge in [-0.05, 0) is 39.5 Å². The molecule has 0 spiro atoms. The van der Waals surface area contributed by atoms with Crippen LogP contribution in [0.25, 0.3) is 0 Å². The van der Waals surface area contributed by atoms with Gasteiger partial charge in [-0.25, -0.2) is 9.98 Å². The Morgan fingerprint density at radius 2 is 1.68 bits per heavy atom.